The van der Waals surface area contributed by atoms with Crippen LogP contribution in [0.5, 0.6) is 0 Å². The Morgan fingerprint density at radius 1 is 1.17 bits per heavy atom. The van der Waals surface area contributed by atoms with Crippen molar-refractivity contribution in [3.8, 4) is 0 Å². The van der Waals surface area contributed by atoms with Crippen LogP contribution in [0.25, 0.3) is 0 Å². The summed E-state index contributed by atoms with van der Waals surface area (Å²) in [6, 6.07) is 0. The summed E-state index contributed by atoms with van der Waals surface area (Å²) >= 11 is 0. The number of hydrogen-bond acceptors (Lipinski definition) is 4. The first-order valence-electron chi connectivity index (χ1n) is 8.90. The van der Waals surface area contributed by atoms with Crippen molar-refractivity contribution in [1.29, 1.82) is 0 Å². The van der Waals surface area contributed by atoms with E-state index in [2.05, 4.69) is 6.92 Å². The van der Waals surface area contributed by atoms with Gasteiger partial charge in [0.25, 0.3) is 0 Å². The Morgan fingerprint density at radius 3 is 2.57 bits per heavy atom. The Labute approximate surface area is 139 Å². The Bertz CT molecular complexity index is 368. The number of rotatable bonds is 11. The van der Waals surface area contributed by atoms with Gasteiger partial charge in [-0.3, -0.25) is 4.79 Å². The third kappa shape index (κ3) is 7.46. The number of aliphatic carboxylic acids is 1. The molecule has 0 radical (unpaired) electrons. The minimum absolute atomic E-state index is 0.0575. The first-order valence-corrected chi connectivity index (χ1v) is 8.90. The molecule has 0 spiro atoms. The summed E-state index contributed by atoms with van der Waals surface area (Å²) in [6.45, 7) is 2.12. The molecule has 5 nitrogen and oxygen atoms in total. The average Bonchev–Trinajstić information content (AvgIpc) is 2.75. The van der Waals surface area contributed by atoms with Crippen molar-refractivity contribution in [1.82, 2.24) is 0 Å². The number of hydrogen-bond donors (Lipinski definition) is 4. The monoisotopic (exact) mass is 328 g/mol. The minimum atomic E-state index is -0.802. The van der Waals surface area contributed by atoms with Gasteiger partial charge in [0.05, 0.1) is 18.3 Å². The highest BCUT2D eigenvalue weighted by atomic mass is 16.4. The van der Waals surface area contributed by atoms with Gasteiger partial charge in [0.1, 0.15) is 0 Å². The molecule has 1 aliphatic carbocycles. The molecule has 0 aromatic heterocycles. The van der Waals surface area contributed by atoms with Crippen LogP contribution >= 0.6 is 0 Å². The molecule has 0 amide bonds. The highest BCUT2D eigenvalue weighted by Gasteiger charge is 2.39. The first-order chi connectivity index (χ1) is 11.0. The molecule has 1 fully saturated rings. The molecular formula is C18H32O5. The molecule has 0 heterocycles. The smallest absolute Gasteiger partial charge is 0.303 e. The third-order valence-electron chi connectivity index (χ3n) is 4.75. The predicted molar refractivity (Wildman–Crippen MR) is 89.0 cm³/mol. The van der Waals surface area contributed by atoms with E-state index >= 15 is 0 Å². The molecule has 134 valence electrons. The number of aliphatic hydroxyl groups is 3. The highest BCUT2D eigenvalue weighted by molar-refractivity contribution is 5.66. The Hall–Kier alpha value is -0.910. The van der Waals surface area contributed by atoms with Crippen molar-refractivity contribution >= 4 is 5.97 Å². The fraction of sp³-hybridized carbons (Fsp3) is 0.833. The second-order valence-electron chi connectivity index (χ2n) is 6.70. The lowest BCUT2D eigenvalue weighted by Crippen LogP contribution is -2.21. The van der Waals surface area contributed by atoms with Gasteiger partial charge in [-0.2, -0.15) is 0 Å². The van der Waals surface area contributed by atoms with Crippen molar-refractivity contribution in [3.63, 3.8) is 0 Å². The lowest BCUT2D eigenvalue weighted by molar-refractivity contribution is -0.137. The maximum Gasteiger partial charge on any atom is 0.303 e. The normalized spacial score (nSPS) is 29.2. The van der Waals surface area contributed by atoms with E-state index < -0.39 is 24.3 Å². The van der Waals surface area contributed by atoms with Crippen LogP contribution in [-0.2, 0) is 4.79 Å². The summed E-state index contributed by atoms with van der Waals surface area (Å²) in [6.07, 6.45) is 8.37. The molecule has 0 bridgehead atoms. The van der Waals surface area contributed by atoms with Crippen molar-refractivity contribution in [2.45, 2.75) is 83.0 Å². The zero-order chi connectivity index (χ0) is 17.2. The van der Waals surface area contributed by atoms with E-state index in [-0.39, 0.29) is 18.3 Å². The van der Waals surface area contributed by atoms with Crippen LogP contribution in [0.3, 0.4) is 0 Å². The van der Waals surface area contributed by atoms with Crippen LogP contribution in [0.15, 0.2) is 12.2 Å². The van der Waals surface area contributed by atoms with Gasteiger partial charge >= 0.3 is 5.97 Å². The summed E-state index contributed by atoms with van der Waals surface area (Å²) in [5, 5.41) is 38.8. The van der Waals surface area contributed by atoms with E-state index in [0.717, 1.165) is 32.1 Å². The summed E-state index contributed by atoms with van der Waals surface area (Å²) in [5.74, 6) is -1.02. The number of carboxylic acids is 1. The standard InChI is InChI=1S/C18H32O5/c1-2-3-4-7-13(19)10-11-15-14(16(20)12-17(15)21)8-5-6-9-18(22)23/h10-11,13-17,19-21H,2-9,12H2,1H3,(H,22,23). The molecule has 1 saturated carbocycles. The van der Waals surface area contributed by atoms with E-state index in [1.54, 1.807) is 6.08 Å². The van der Waals surface area contributed by atoms with Crippen LogP contribution in [0, 0.1) is 11.8 Å². The van der Waals surface area contributed by atoms with Gasteiger partial charge in [0, 0.05) is 18.8 Å². The molecule has 23 heavy (non-hydrogen) atoms. The summed E-state index contributed by atoms with van der Waals surface area (Å²) < 4.78 is 0. The largest absolute Gasteiger partial charge is 0.481 e. The van der Waals surface area contributed by atoms with Crippen LogP contribution in [0.4, 0.5) is 0 Å². The van der Waals surface area contributed by atoms with Gasteiger partial charge in [-0.05, 0) is 25.2 Å². The average molecular weight is 328 g/mol. The van der Waals surface area contributed by atoms with Crippen LogP contribution in [0.2, 0.25) is 0 Å². The van der Waals surface area contributed by atoms with Crippen LogP contribution < -0.4 is 0 Å². The van der Waals surface area contributed by atoms with Gasteiger partial charge in [0.2, 0.25) is 0 Å². The molecule has 1 aliphatic rings. The van der Waals surface area contributed by atoms with Crippen molar-refractivity contribution in [3.05, 3.63) is 12.2 Å². The third-order valence-corrected chi connectivity index (χ3v) is 4.75. The summed E-state index contributed by atoms with van der Waals surface area (Å²) in [4.78, 5) is 10.5. The fourth-order valence-electron chi connectivity index (χ4n) is 3.39. The van der Waals surface area contributed by atoms with E-state index in [4.69, 9.17) is 5.11 Å². The molecule has 4 N–H and O–H groups in total. The Kier molecular flexibility index (Phi) is 9.44. The zero-order valence-corrected chi connectivity index (χ0v) is 14.1. The van der Waals surface area contributed by atoms with Gasteiger partial charge in [-0.15, -0.1) is 0 Å². The van der Waals surface area contributed by atoms with Gasteiger partial charge in [0.15, 0.2) is 0 Å². The molecular weight excluding hydrogens is 296 g/mol. The minimum Gasteiger partial charge on any atom is -0.481 e. The van der Waals surface area contributed by atoms with Gasteiger partial charge in [-0.25, -0.2) is 0 Å². The summed E-state index contributed by atoms with van der Waals surface area (Å²) in [7, 11) is 0. The lowest BCUT2D eigenvalue weighted by atomic mass is 9.88. The number of carbonyl (C=O) groups is 1. The fourth-order valence-corrected chi connectivity index (χ4v) is 3.39. The number of aliphatic hydroxyl groups excluding tert-OH is 3. The van der Waals surface area contributed by atoms with Gasteiger partial charge < -0.3 is 20.4 Å². The molecule has 5 unspecified atom stereocenters. The van der Waals surface area contributed by atoms with E-state index in [9.17, 15) is 20.1 Å². The second-order valence-corrected chi connectivity index (χ2v) is 6.70. The van der Waals surface area contributed by atoms with E-state index in [0.29, 0.717) is 19.3 Å². The van der Waals surface area contributed by atoms with Crippen molar-refractivity contribution in [2.75, 3.05) is 0 Å². The lowest BCUT2D eigenvalue weighted by Gasteiger charge is -2.21. The number of unbranched alkanes of at least 4 members (excludes halogenated alkanes) is 3. The molecule has 0 aromatic rings. The molecule has 1 rings (SSSR count). The topological polar surface area (TPSA) is 98.0 Å². The van der Waals surface area contributed by atoms with E-state index in [1.165, 1.54) is 0 Å². The maximum absolute atomic E-state index is 10.5. The zero-order valence-electron chi connectivity index (χ0n) is 14.1. The van der Waals surface area contributed by atoms with Gasteiger partial charge in [-0.1, -0.05) is 44.8 Å². The van der Waals surface area contributed by atoms with Crippen LogP contribution in [-0.4, -0.2) is 44.7 Å². The van der Waals surface area contributed by atoms with Crippen LogP contribution in [0.1, 0.15) is 64.7 Å². The van der Waals surface area contributed by atoms with Crippen molar-refractivity contribution in [2.24, 2.45) is 11.8 Å². The molecule has 5 atom stereocenters. The molecule has 5 heteroatoms. The second kappa shape index (κ2) is 10.8. The Balaban J connectivity index is 2.46. The maximum atomic E-state index is 10.5. The summed E-state index contributed by atoms with van der Waals surface area (Å²) in [5.41, 5.74) is 0. The SMILES string of the molecule is CCCCCC(O)C=CC1C(O)CC(O)C1CCCCC(=O)O. The van der Waals surface area contributed by atoms with E-state index in [1.807, 2.05) is 6.08 Å². The Morgan fingerprint density at radius 2 is 1.91 bits per heavy atom. The first kappa shape index (κ1) is 20.1. The molecule has 0 aromatic carbocycles. The highest BCUT2D eigenvalue weighted by Crippen LogP contribution is 2.37. The molecule has 0 saturated heterocycles. The quantitative estimate of drug-likeness (QED) is 0.345. The molecule has 0 aliphatic heterocycles. The number of carboxylic acid groups (broad SMARTS) is 1. The van der Waals surface area contributed by atoms with Crippen molar-refractivity contribution < 1.29 is 25.2 Å². The predicted octanol–water partition coefficient (Wildman–Crippen LogP) is 2.49.